The summed E-state index contributed by atoms with van der Waals surface area (Å²) in [6.07, 6.45) is 3.20. The number of benzene rings is 2. The Hall–Kier alpha value is -3.02. The molecule has 0 aliphatic carbocycles. The summed E-state index contributed by atoms with van der Waals surface area (Å²) in [5, 5.41) is 5.91. The first-order chi connectivity index (χ1) is 14.1. The Morgan fingerprint density at radius 1 is 1.07 bits per heavy atom. The number of hydrogen-bond acceptors (Lipinski definition) is 3. The van der Waals surface area contributed by atoms with E-state index in [1.807, 2.05) is 59.5 Å². The van der Waals surface area contributed by atoms with Crippen LogP contribution in [-0.2, 0) is 11.3 Å². The average Bonchev–Trinajstić information content (AvgIpc) is 2.77. The number of piperidine rings is 1. The van der Waals surface area contributed by atoms with Crippen molar-refractivity contribution in [3.05, 3.63) is 60.2 Å². The first kappa shape index (κ1) is 20.7. The number of nitrogens with one attached hydrogen (secondary N) is 2. The van der Waals surface area contributed by atoms with E-state index in [9.17, 15) is 9.59 Å². The molecular formula is C23H29N3O3. The number of ether oxygens (including phenoxy) is 1. The number of rotatable bonds is 7. The molecule has 0 saturated carbocycles. The number of nitrogens with zero attached hydrogens (tertiary/aromatic N) is 1. The minimum Gasteiger partial charge on any atom is -0.497 e. The van der Waals surface area contributed by atoms with Crippen LogP contribution in [0.2, 0.25) is 0 Å². The molecule has 0 aromatic heterocycles. The maximum atomic E-state index is 12.3. The fourth-order valence-electron chi connectivity index (χ4n) is 3.57. The van der Waals surface area contributed by atoms with E-state index in [1.165, 1.54) is 0 Å². The molecule has 0 atom stereocenters. The lowest BCUT2D eigenvalue weighted by atomic mass is 9.92. The molecule has 154 valence electrons. The predicted molar refractivity (Wildman–Crippen MR) is 114 cm³/mol. The Bertz CT molecular complexity index is 802. The summed E-state index contributed by atoms with van der Waals surface area (Å²) in [5.74, 6) is 1.21. The highest BCUT2D eigenvalue weighted by atomic mass is 16.5. The molecule has 0 bridgehead atoms. The molecular weight excluding hydrogens is 366 g/mol. The lowest BCUT2D eigenvalue weighted by Gasteiger charge is -2.32. The molecule has 1 fully saturated rings. The first-order valence-corrected chi connectivity index (χ1v) is 10.1. The van der Waals surface area contributed by atoms with Gasteiger partial charge in [0.25, 0.3) is 0 Å². The fourth-order valence-corrected chi connectivity index (χ4v) is 3.57. The molecule has 6 nitrogen and oxygen atoms in total. The number of methoxy groups -OCH3 is 1. The van der Waals surface area contributed by atoms with Gasteiger partial charge in [0.2, 0.25) is 5.91 Å². The molecule has 6 heteroatoms. The van der Waals surface area contributed by atoms with E-state index in [4.69, 9.17) is 4.74 Å². The van der Waals surface area contributed by atoms with Crippen molar-refractivity contribution in [2.24, 2.45) is 5.92 Å². The zero-order valence-corrected chi connectivity index (χ0v) is 16.9. The molecule has 0 radical (unpaired) electrons. The lowest BCUT2D eigenvalue weighted by Crippen LogP contribution is -2.44. The summed E-state index contributed by atoms with van der Waals surface area (Å²) in [6, 6.07) is 17.3. The van der Waals surface area contributed by atoms with Crippen molar-refractivity contribution in [2.75, 3.05) is 25.5 Å². The summed E-state index contributed by atoms with van der Waals surface area (Å²) in [6.45, 7) is 2.02. The molecule has 3 amide bonds. The second-order valence-corrected chi connectivity index (χ2v) is 7.39. The van der Waals surface area contributed by atoms with E-state index in [0.717, 1.165) is 49.4 Å². The highest BCUT2D eigenvalue weighted by Gasteiger charge is 2.23. The molecule has 2 aromatic rings. The van der Waals surface area contributed by atoms with Gasteiger partial charge in [-0.15, -0.1) is 0 Å². The Kier molecular flexibility index (Phi) is 7.50. The standard InChI is InChI=1S/C23H29N3O3/c1-29-21-9-5-8-20(16-21)25-22(27)11-10-18-12-14-26(15-13-18)23(28)24-17-19-6-3-2-4-7-19/h2-9,16,18H,10-15,17H2,1H3,(H,24,28)(H,25,27). The van der Waals surface area contributed by atoms with Crippen molar-refractivity contribution in [3.8, 4) is 5.75 Å². The number of carbonyl (C=O) groups is 2. The van der Waals surface area contributed by atoms with Gasteiger partial charge in [0.15, 0.2) is 0 Å². The van der Waals surface area contributed by atoms with E-state index in [-0.39, 0.29) is 11.9 Å². The predicted octanol–water partition coefficient (Wildman–Crippen LogP) is 4.04. The molecule has 1 aliphatic heterocycles. The number of carbonyl (C=O) groups excluding carboxylic acids is 2. The molecule has 29 heavy (non-hydrogen) atoms. The SMILES string of the molecule is COc1cccc(NC(=O)CCC2CCN(C(=O)NCc3ccccc3)CC2)c1. The van der Waals surface area contributed by atoms with Crippen molar-refractivity contribution >= 4 is 17.6 Å². The van der Waals surface area contributed by atoms with Crippen LogP contribution in [0.25, 0.3) is 0 Å². The molecule has 1 heterocycles. The van der Waals surface area contributed by atoms with Crippen LogP contribution in [0.5, 0.6) is 5.75 Å². The summed E-state index contributed by atoms with van der Waals surface area (Å²) in [4.78, 5) is 26.4. The lowest BCUT2D eigenvalue weighted by molar-refractivity contribution is -0.116. The molecule has 3 rings (SSSR count). The van der Waals surface area contributed by atoms with Crippen molar-refractivity contribution in [1.82, 2.24) is 10.2 Å². The van der Waals surface area contributed by atoms with E-state index in [0.29, 0.717) is 18.9 Å². The summed E-state index contributed by atoms with van der Waals surface area (Å²) in [5.41, 5.74) is 1.84. The minimum absolute atomic E-state index is 0.0110. The van der Waals surface area contributed by atoms with Gasteiger partial charge >= 0.3 is 6.03 Å². The van der Waals surface area contributed by atoms with Crippen LogP contribution in [0.15, 0.2) is 54.6 Å². The number of hydrogen-bond donors (Lipinski definition) is 2. The van der Waals surface area contributed by atoms with Gasteiger partial charge < -0.3 is 20.3 Å². The van der Waals surface area contributed by atoms with Crippen LogP contribution in [0, 0.1) is 5.92 Å². The summed E-state index contributed by atoms with van der Waals surface area (Å²) < 4.78 is 5.17. The van der Waals surface area contributed by atoms with Crippen LogP contribution in [-0.4, -0.2) is 37.0 Å². The van der Waals surface area contributed by atoms with Crippen molar-refractivity contribution in [3.63, 3.8) is 0 Å². The highest BCUT2D eigenvalue weighted by Crippen LogP contribution is 2.23. The van der Waals surface area contributed by atoms with Gasteiger partial charge in [-0.25, -0.2) is 4.79 Å². The van der Waals surface area contributed by atoms with Crippen LogP contribution >= 0.6 is 0 Å². The maximum absolute atomic E-state index is 12.3. The van der Waals surface area contributed by atoms with Gasteiger partial charge in [0, 0.05) is 37.8 Å². The number of likely N-dealkylation sites (tertiary alicyclic amines) is 1. The Morgan fingerprint density at radius 2 is 1.83 bits per heavy atom. The highest BCUT2D eigenvalue weighted by molar-refractivity contribution is 5.90. The summed E-state index contributed by atoms with van der Waals surface area (Å²) in [7, 11) is 1.61. The Morgan fingerprint density at radius 3 is 2.55 bits per heavy atom. The van der Waals surface area contributed by atoms with Crippen molar-refractivity contribution in [1.29, 1.82) is 0 Å². The molecule has 2 aromatic carbocycles. The maximum Gasteiger partial charge on any atom is 0.317 e. The Balaban J connectivity index is 1.35. The number of anilines is 1. The normalized spacial score (nSPS) is 14.3. The quantitative estimate of drug-likeness (QED) is 0.743. The van der Waals surface area contributed by atoms with E-state index >= 15 is 0 Å². The average molecular weight is 396 g/mol. The molecule has 0 spiro atoms. The summed E-state index contributed by atoms with van der Waals surface area (Å²) >= 11 is 0. The Labute approximate surface area is 172 Å². The number of amides is 3. The fraction of sp³-hybridized carbons (Fsp3) is 0.391. The molecule has 2 N–H and O–H groups in total. The third-order valence-corrected chi connectivity index (χ3v) is 5.32. The third-order valence-electron chi connectivity index (χ3n) is 5.32. The molecule has 1 saturated heterocycles. The van der Waals surface area contributed by atoms with Crippen LogP contribution in [0.1, 0.15) is 31.2 Å². The van der Waals surface area contributed by atoms with Crippen LogP contribution < -0.4 is 15.4 Å². The second-order valence-electron chi connectivity index (χ2n) is 7.39. The van der Waals surface area contributed by atoms with Gasteiger partial charge in [-0.3, -0.25) is 4.79 Å². The molecule has 0 unspecified atom stereocenters. The van der Waals surface area contributed by atoms with Crippen LogP contribution in [0.4, 0.5) is 10.5 Å². The molecule has 1 aliphatic rings. The topological polar surface area (TPSA) is 70.7 Å². The largest absolute Gasteiger partial charge is 0.497 e. The number of urea groups is 1. The van der Waals surface area contributed by atoms with Crippen molar-refractivity contribution < 1.29 is 14.3 Å². The van der Waals surface area contributed by atoms with E-state index in [1.54, 1.807) is 7.11 Å². The first-order valence-electron chi connectivity index (χ1n) is 10.1. The van der Waals surface area contributed by atoms with Gasteiger partial charge in [-0.1, -0.05) is 36.4 Å². The van der Waals surface area contributed by atoms with Gasteiger partial charge in [-0.05, 0) is 42.9 Å². The van der Waals surface area contributed by atoms with Crippen molar-refractivity contribution in [2.45, 2.75) is 32.2 Å². The third kappa shape index (κ3) is 6.52. The minimum atomic E-state index is -0.0110. The van der Waals surface area contributed by atoms with E-state index < -0.39 is 0 Å². The van der Waals surface area contributed by atoms with Gasteiger partial charge in [0.05, 0.1) is 7.11 Å². The van der Waals surface area contributed by atoms with Gasteiger partial charge in [0.1, 0.15) is 5.75 Å². The smallest absolute Gasteiger partial charge is 0.317 e. The zero-order valence-electron chi connectivity index (χ0n) is 16.9. The second kappa shape index (κ2) is 10.5. The monoisotopic (exact) mass is 395 g/mol. The van der Waals surface area contributed by atoms with Gasteiger partial charge in [-0.2, -0.15) is 0 Å². The van der Waals surface area contributed by atoms with Crippen LogP contribution in [0.3, 0.4) is 0 Å². The zero-order chi connectivity index (χ0) is 20.5. The van der Waals surface area contributed by atoms with E-state index in [2.05, 4.69) is 10.6 Å².